The van der Waals surface area contributed by atoms with Crippen molar-refractivity contribution in [1.29, 1.82) is 0 Å². The van der Waals surface area contributed by atoms with Gasteiger partial charge in [0, 0.05) is 32.2 Å². The standard InChI is InChI=1S/C47H52Cl2F6N8O8S/c1-27(2)39(56)42(65)60-36(12-6-21-58-43(57)66)41(64)59-32-19-13-28(14-20-32)26-71-44(67)62(3)22-7-23-72(69,70)33-9-4-8-31(24-33)29-15-17-30(18-16-29)37-25-38(45(68,46(50,51)52)47(53,54)55)61-63(37)40-34(48)10-5-11-35(40)49/h4-5,8-11,13-20,24,27,36-37,39,68H,6-7,12,21-23,25-26,56H2,1-3H3,(H,59,64)(H,60,65)(H3,57,58,66)/t36-,37?,39-/m0/s1. The van der Waals surface area contributed by atoms with Gasteiger partial charge in [0.25, 0.3) is 5.60 Å². The number of para-hydroxylation sites is 1. The first-order chi connectivity index (χ1) is 33.6. The number of sulfone groups is 1. The van der Waals surface area contributed by atoms with E-state index in [-0.39, 0.29) is 70.4 Å². The van der Waals surface area contributed by atoms with Gasteiger partial charge >= 0.3 is 24.5 Å². The highest BCUT2D eigenvalue weighted by atomic mass is 35.5. The fraction of sp³-hybridized carbons (Fsp3) is 0.383. The van der Waals surface area contributed by atoms with Crippen LogP contribution in [0, 0.1) is 5.92 Å². The SMILES string of the molecule is CC(C)[C@H](N)C(=O)N[C@@H](CCCNC(N)=O)C(=O)Nc1ccc(COC(=O)N(C)CCCS(=O)(=O)c2cccc(-c3ccc(C4CC(C(O)(C(F)(F)F)C(F)(F)F)=NN4c4c(Cl)cccc4Cl)cc3)c2)cc1. The number of carbonyl (C=O) groups is 4. The third-order valence-corrected chi connectivity index (χ3v) is 14.0. The van der Waals surface area contributed by atoms with Crippen LogP contribution < -0.4 is 32.4 Å². The van der Waals surface area contributed by atoms with Gasteiger partial charge in [-0.1, -0.05) is 91.6 Å². The predicted octanol–water partition coefficient (Wildman–Crippen LogP) is 8.11. The maximum atomic E-state index is 14.0. The molecule has 0 spiro atoms. The molecule has 1 unspecified atom stereocenters. The number of ether oxygens (including phenoxy) is 1. The third kappa shape index (κ3) is 13.9. The van der Waals surface area contributed by atoms with E-state index < -0.39 is 82.0 Å². The number of hydrogen-bond acceptors (Lipinski definition) is 11. The van der Waals surface area contributed by atoms with Crippen molar-refractivity contribution in [3.05, 3.63) is 112 Å². The maximum Gasteiger partial charge on any atom is 0.431 e. The lowest BCUT2D eigenvalue weighted by molar-refractivity contribution is -0.338. The highest BCUT2D eigenvalue weighted by Crippen LogP contribution is 2.50. The van der Waals surface area contributed by atoms with Gasteiger partial charge in [0.1, 0.15) is 12.6 Å². The molecule has 0 radical (unpaired) electrons. The zero-order chi connectivity index (χ0) is 53.3. The van der Waals surface area contributed by atoms with Gasteiger partial charge in [0.15, 0.2) is 9.84 Å². The van der Waals surface area contributed by atoms with Gasteiger partial charge in [0.2, 0.25) is 11.8 Å². The number of anilines is 2. The van der Waals surface area contributed by atoms with Crippen molar-refractivity contribution in [2.45, 2.75) is 87.1 Å². The number of primary amides is 1. The second-order valence-corrected chi connectivity index (χ2v) is 20.1. The molecule has 25 heteroatoms. The fourth-order valence-corrected chi connectivity index (χ4v) is 9.29. The highest BCUT2D eigenvalue weighted by molar-refractivity contribution is 7.91. The van der Waals surface area contributed by atoms with E-state index in [2.05, 4.69) is 21.1 Å². The molecule has 390 valence electrons. The van der Waals surface area contributed by atoms with Crippen molar-refractivity contribution in [3.63, 3.8) is 0 Å². The van der Waals surface area contributed by atoms with E-state index in [4.69, 9.17) is 39.4 Å². The van der Waals surface area contributed by atoms with E-state index in [1.54, 1.807) is 44.2 Å². The Morgan fingerprint density at radius 2 is 1.50 bits per heavy atom. The average Bonchev–Trinajstić information content (AvgIpc) is 3.75. The van der Waals surface area contributed by atoms with Crippen LogP contribution in [0.1, 0.15) is 56.7 Å². The largest absolute Gasteiger partial charge is 0.445 e. The molecule has 8 N–H and O–H groups in total. The molecule has 3 atom stereocenters. The molecule has 0 aliphatic carbocycles. The van der Waals surface area contributed by atoms with Crippen LogP contribution in [0.2, 0.25) is 10.0 Å². The summed E-state index contributed by atoms with van der Waals surface area (Å²) in [6.45, 7) is 3.54. The molecule has 5 amide bonds. The van der Waals surface area contributed by atoms with Crippen LogP contribution >= 0.6 is 23.2 Å². The number of nitrogens with zero attached hydrogens (tertiary/aromatic N) is 3. The summed E-state index contributed by atoms with van der Waals surface area (Å²) >= 11 is 12.6. The van der Waals surface area contributed by atoms with Crippen molar-refractivity contribution in [1.82, 2.24) is 15.5 Å². The number of nitrogens with two attached hydrogens (primary N) is 2. The Bertz CT molecular complexity index is 2700. The second kappa shape index (κ2) is 23.6. The minimum Gasteiger partial charge on any atom is -0.445 e. The molecule has 4 aromatic rings. The Kier molecular flexibility index (Phi) is 18.6. The Morgan fingerprint density at radius 3 is 2.08 bits per heavy atom. The zero-order valence-corrected chi connectivity index (χ0v) is 41.2. The summed E-state index contributed by atoms with van der Waals surface area (Å²) in [6, 6.07) is 18.1. The van der Waals surface area contributed by atoms with Crippen LogP contribution in [-0.4, -0.2) is 104 Å². The first-order valence-electron chi connectivity index (χ1n) is 22.1. The van der Waals surface area contributed by atoms with Crippen molar-refractivity contribution in [2.24, 2.45) is 22.5 Å². The molecule has 0 saturated carbocycles. The number of nitrogens with one attached hydrogen (secondary N) is 3. The van der Waals surface area contributed by atoms with Crippen molar-refractivity contribution >= 4 is 74.1 Å². The smallest absolute Gasteiger partial charge is 0.431 e. The molecule has 72 heavy (non-hydrogen) atoms. The first-order valence-corrected chi connectivity index (χ1v) is 24.5. The van der Waals surface area contributed by atoms with Crippen LogP contribution in [0.3, 0.4) is 0 Å². The molecule has 16 nitrogen and oxygen atoms in total. The van der Waals surface area contributed by atoms with Gasteiger partial charge in [-0.3, -0.25) is 14.6 Å². The number of rotatable bonds is 20. The number of carbonyl (C=O) groups excluding carboxylic acids is 4. The van der Waals surface area contributed by atoms with E-state index in [0.29, 0.717) is 28.8 Å². The van der Waals surface area contributed by atoms with Gasteiger partial charge in [-0.05, 0) is 83.8 Å². The lowest BCUT2D eigenvalue weighted by Crippen LogP contribution is -2.62. The molecule has 1 aliphatic heterocycles. The van der Waals surface area contributed by atoms with Crippen LogP contribution in [0.25, 0.3) is 11.1 Å². The van der Waals surface area contributed by atoms with E-state index in [9.17, 15) is 59.0 Å². The topological polar surface area (TPSA) is 239 Å². The van der Waals surface area contributed by atoms with Crippen molar-refractivity contribution < 1.29 is 63.8 Å². The predicted molar refractivity (Wildman–Crippen MR) is 259 cm³/mol. The number of benzene rings is 4. The van der Waals surface area contributed by atoms with Gasteiger partial charge in [0.05, 0.1) is 44.2 Å². The maximum absolute atomic E-state index is 14.0. The molecule has 0 saturated heterocycles. The Balaban J connectivity index is 1.17. The first kappa shape index (κ1) is 56.8. The number of aliphatic hydroxyl groups is 1. The summed E-state index contributed by atoms with van der Waals surface area (Å²) in [4.78, 5) is 50.8. The minimum atomic E-state index is -6.19. The van der Waals surface area contributed by atoms with Gasteiger partial charge in [-0.15, -0.1) is 0 Å². The van der Waals surface area contributed by atoms with Crippen LogP contribution in [-0.2, 0) is 30.8 Å². The lowest BCUT2D eigenvalue weighted by atomic mass is 9.89. The molecular weight excluding hydrogens is 1020 g/mol. The summed E-state index contributed by atoms with van der Waals surface area (Å²) in [6.07, 6.45) is -13.6. The second-order valence-electron chi connectivity index (χ2n) is 17.1. The summed E-state index contributed by atoms with van der Waals surface area (Å²) in [5.74, 6) is -1.60. The molecule has 4 aromatic carbocycles. The molecular formula is C47H52Cl2F6N8O8S. The Labute approximate surface area is 420 Å². The van der Waals surface area contributed by atoms with Crippen molar-refractivity contribution in [2.75, 3.05) is 36.2 Å². The molecule has 1 aliphatic rings. The number of alkyl halides is 6. The van der Waals surface area contributed by atoms with E-state index in [0.717, 1.165) is 5.01 Å². The van der Waals surface area contributed by atoms with Crippen LogP contribution in [0.4, 0.5) is 47.3 Å². The van der Waals surface area contributed by atoms with Crippen molar-refractivity contribution in [3.8, 4) is 11.1 Å². The minimum absolute atomic E-state index is 0.00504. The summed E-state index contributed by atoms with van der Waals surface area (Å²) in [5.41, 5.74) is 5.88. The molecule has 1 heterocycles. The fourth-order valence-electron chi connectivity index (χ4n) is 7.38. The molecule has 0 fully saturated rings. The zero-order valence-electron chi connectivity index (χ0n) is 38.9. The Hall–Kier alpha value is -6.14. The summed E-state index contributed by atoms with van der Waals surface area (Å²) < 4.78 is 116. The Morgan fingerprint density at radius 1 is 0.889 bits per heavy atom. The molecule has 0 aromatic heterocycles. The quantitative estimate of drug-likeness (QED) is 0.0367. The van der Waals surface area contributed by atoms with Crippen LogP contribution in [0.15, 0.2) is 101 Å². The monoisotopic (exact) mass is 1070 g/mol. The average molecular weight is 1070 g/mol. The van der Waals surface area contributed by atoms with E-state index in [1.165, 1.54) is 72.6 Å². The third-order valence-electron chi connectivity index (χ3n) is 11.6. The number of amides is 5. The lowest BCUT2D eigenvalue weighted by Gasteiger charge is -2.32. The van der Waals surface area contributed by atoms with Gasteiger partial charge < -0.3 is 42.2 Å². The normalized spacial score (nSPS) is 15.1. The summed E-state index contributed by atoms with van der Waals surface area (Å²) in [5, 5.41) is 22.2. The molecule has 0 bridgehead atoms. The van der Waals surface area contributed by atoms with E-state index >= 15 is 0 Å². The highest BCUT2D eigenvalue weighted by Gasteiger charge is 2.74. The number of urea groups is 1. The van der Waals surface area contributed by atoms with E-state index in [1.807, 2.05) is 0 Å². The van der Waals surface area contributed by atoms with Crippen LogP contribution in [0.5, 0.6) is 0 Å². The van der Waals surface area contributed by atoms with Gasteiger partial charge in [-0.2, -0.15) is 31.4 Å². The number of hydrogen-bond donors (Lipinski definition) is 6. The molecule has 5 rings (SSSR count). The number of hydrazone groups is 1. The number of halogens is 8. The summed E-state index contributed by atoms with van der Waals surface area (Å²) in [7, 11) is -2.50. The van der Waals surface area contributed by atoms with Gasteiger partial charge in [-0.25, -0.2) is 18.0 Å².